The molecule has 3 heterocycles. The van der Waals surface area contributed by atoms with Crippen molar-refractivity contribution in [2.75, 3.05) is 0 Å². The predicted molar refractivity (Wildman–Crippen MR) is 242 cm³/mol. The van der Waals surface area contributed by atoms with E-state index in [4.69, 9.17) is 23.2 Å². The summed E-state index contributed by atoms with van der Waals surface area (Å²) in [6.45, 7) is 15.6. The van der Waals surface area contributed by atoms with Crippen molar-refractivity contribution in [3.8, 4) is 11.1 Å². The first-order chi connectivity index (χ1) is 28.0. The second-order valence-corrected chi connectivity index (χ2v) is 13.5. The fraction of sp³-hybridized carbons (Fsp3) is 0.0769. The molecule has 0 fully saturated rings. The van der Waals surface area contributed by atoms with Gasteiger partial charge in [0, 0.05) is 60.8 Å². The van der Waals surface area contributed by atoms with Crippen molar-refractivity contribution < 1.29 is 13.3 Å². The Labute approximate surface area is 331 Å². The molecule has 0 N–H and O–H groups in total. The SMILES string of the molecule is C=C(N=C(N=C(C)c1ccccc1)c1cccc(-c2cccc3c2oc2cc4oc5ccccc5c4cc23)c1)c1ccc2c(c1)oc1ccccc12.C=CC.CC. The zero-order valence-corrected chi connectivity index (χ0v) is 32.5. The van der Waals surface area contributed by atoms with Gasteiger partial charge in [-0.2, -0.15) is 0 Å². The lowest BCUT2D eigenvalue weighted by molar-refractivity contribution is 0.656. The first-order valence-corrected chi connectivity index (χ1v) is 19.2. The van der Waals surface area contributed by atoms with Crippen LogP contribution in [0.4, 0.5) is 0 Å². The van der Waals surface area contributed by atoms with Crippen LogP contribution in [0.25, 0.3) is 82.6 Å². The number of benzene rings is 7. The van der Waals surface area contributed by atoms with Gasteiger partial charge in [-0.15, -0.1) is 6.58 Å². The van der Waals surface area contributed by atoms with E-state index in [1.807, 2.05) is 113 Å². The Morgan fingerprint density at radius 2 is 1.05 bits per heavy atom. The molecular weight excluding hydrogens is 701 g/mol. The second-order valence-electron chi connectivity index (χ2n) is 13.5. The molecule has 0 atom stereocenters. The van der Waals surface area contributed by atoms with Crippen LogP contribution >= 0.6 is 0 Å². The summed E-state index contributed by atoms with van der Waals surface area (Å²) in [5.41, 5.74) is 11.1. The number of fused-ring (bicyclic) bond motifs is 9. The third kappa shape index (κ3) is 6.96. The summed E-state index contributed by atoms with van der Waals surface area (Å²) in [5.74, 6) is 0.557. The van der Waals surface area contributed by atoms with Crippen LogP contribution in [0.15, 0.2) is 194 Å². The van der Waals surface area contributed by atoms with Crippen LogP contribution in [-0.4, -0.2) is 11.5 Å². The lowest BCUT2D eigenvalue weighted by Gasteiger charge is -2.10. The first kappa shape index (κ1) is 36.7. The van der Waals surface area contributed by atoms with Crippen LogP contribution in [-0.2, 0) is 0 Å². The van der Waals surface area contributed by atoms with Gasteiger partial charge in [0.05, 0.1) is 5.70 Å². The molecule has 0 bridgehead atoms. The zero-order chi connectivity index (χ0) is 39.5. The molecular formula is C52H42N2O3. The molecule has 0 spiro atoms. The summed E-state index contributed by atoms with van der Waals surface area (Å²) in [4.78, 5) is 10.2. The molecule has 0 aliphatic rings. The fourth-order valence-electron chi connectivity index (χ4n) is 7.22. The average Bonchev–Trinajstić information content (AvgIpc) is 3.94. The highest BCUT2D eigenvalue weighted by Gasteiger charge is 2.17. The molecule has 5 heteroatoms. The van der Waals surface area contributed by atoms with E-state index in [1.165, 1.54) is 0 Å². The van der Waals surface area contributed by atoms with Gasteiger partial charge in [-0.1, -0.05) is 136 Å². The van der Waals surface area contributed by atoms with E-state index in [-0.39, 0.29) is 0 Å². The van der Waals surface area contributed by atoms with E-state index in [9.17, 15) is 0 Å². The Morgan fingerprint density at radius 1 is 0.491 bits per heavy atom. The van der Waals surface area contributed by atoms with E-state index < -0.39 is 0 Å². The van der Waals surface area contributed by atoms with Crippen molar-refractivity contribution in [3.05, 3.63) is 188 Å². The average molecular weight is 743 g/mol. The summed E-state index contributed by atoms with van der Waals surface area (Å²) in [6.07, 6.45) is 1.75. The fourth-order valence-corrected chi connectivity index (χ4v) is 7.22. The molecule has 0 unspecified atom stereocenters. The predicted octanol–water partition coefficient (Wildman–Crippen LogP) is 15.2. The summed E-state index contributed by atoms with van der Waals surface area (Å²) in [5, 5.41) is 6.41. The van der Waals surface area contributed by atoms with Crippen molar-refractivity contribution in [2.45, 2.75) is 27.7 Å². The lowest BCUT2D eigenvalue weighted by Crippen LogP contribution is -2.04. The quantitative estimate of drug-likeness (QED) is 0.100. The van der Waals surface area contributed by atoms with Crippen molar-refractivity contribution in [1.29, 1.82) is 0 Å². The number of hydrogen-bond donors (Lipinski definition) is 0. The molecule has 3 aromatic heterocycles. The van der Waals surface area contributed by atoms with E-state index in [2.05, 4.69) is 79.9 Å². The van der Waals surface area contributed by atoms with E-state index in [1.54, 1.807) is 6.08 Å². The minimum absolute atomic E-state index is 0.557. The van der Waals surface area contributed by atoms with E-state index in [0.717, 1.165) is 99.3 Å². The minimum atomic E-state index is 0.557. The van der Waals surface area contributed by atoms with Crippen LogP contribution in [0.5, 0.6) is 0 Å². The van der Waals surface area contributed by atoms with Crippen LogP contribution in [0.3, 0.4) is 0 Å². The number of rotatable bonds is 5. The molecule has 0 amide bonds. The third-order valence-electron chi connectivity index (χ3n) is 9.85. The summed E-state index contributed by atoms with van der Waals surface area (Å²) < 4.78 is 19.0. The smallest absolute Gasteiger partial charge is 0.160 e. The number of aliphatic imine (C=N–C) groups is 2. The topological polar surface area (TPSA) is 64.1 Å². The van der Waals surface area contributed by atoms with Crippen molar-refractivity contribution >= 4 is 83.1 Å². The number of nitrogens with zero attached hydrogens (tertiary/aromatic N) is 2. The third-order valence-corrected chi connectivity index (χ3v) is 9.85. The molecule has 0 saturated heterocycles. The Bertz CT molecular complexity index is 3150. The Kier molecular flexibility index (Phi) is 10.2. The molecule has 10 aromatic rings. The van der Waals surface area contributed by atoms with Gasteiger partial charge in [0.1, 0.15) is 33.5 Å². The largest absolute Gasteiger partial charge is 0.456 e. The highest BCUT2D eigenvalue weighted by molar-refractivity contribution is 6.17. The monoisotopic (exact) mass is 742 g/mol. The summed E-state index contributed by atoms with van der Waals surface area (Å²) in [7, 11) is 0. The maximum Gasteiger partial charge on any atom is 0.160 e. The maximum atomic E-state index is 6.60. The van der Waals surface area contributed by atoms with Gasteiger partial charge >= 0.3 is 0 Å². The van der Waals surface area contributed by atoms with Crippen molar-refractivity contribution in [3.63, 3.8) is 0 Å². The minimum Gasteiger partial charge on any atom is -0.456 e. The first-order valence-electron chi connectivity index (χ1n) is 19.2. The zero-order valence-electron chi connectivity index (χ0n) is 32.5. The number of hydrogen-bond acceptors (Lipinski definition) is 4. The van der Waals surface area contributed by atoms with Crippen LogP contribution in [0.1, 0.15) is 44.4 Å². The Hall–Kier alpha value is -7.24. The van der Waals surface area contributed by atoms with Gasteiger partial charge in [0.25, 0.3) is 0 Å². The normalized spacial score (nSPS) is 11.9. The molecule has 57 heavy (non-hydrogen) atoms. The number of amidine groups is 1. The van der Waals surface area contributed by atoms with E-state index >= 15 is 0 Å². The van der Waals surface area contributed by atoms with Gasteiger partial charge in [-0.05, 0) is 61.4 Å². The molecule has 0 saturated carbocycles. The molecule has 5 nitrogen and oxygen atoms in total. The lowest BCUT2D eigenvalue weighted by atomic mass is 9.99. The van der Waals surface area contributed by atoms with Crippen molar-refractivity contribution in [1.82, 2.24) is 0 Å². The van der Waals surface area contributed by atoms with Gasteiger partial charge < -0.3 is 13.3 Å². The van der Waals surface area contributed by atoms with Crippen molar-refractivity contribution in [2.24, 2.45) is 9.98 Å². The second kappa shape index (κ2) is 15.9. The van der Waals surface area contributed by atoms with Gasteiger partial charge in [0.2, 0.25) is 0 Å². The molecule has 0 radical (unpaired) electrons. The standard InChI is InChI=1S/C47H30N2O3.C3H6.C2H6/c1-28(30-12-4-3-5-13-30)48-47(49-29(2)31-22-23-37-35-16-6-8-20-41(35)50-43(37)25-31)33-15-10-14-32(24-33)34-18-11-19-38-40-26-39-36-17-7-9-21-42(36)51-44(39)27-45(40)52-46(34)38;1-3-2;1-2/h3-27H,2H2,1H3;3H,1H2,2H3;1-2H3. The Morgan fingerprint density at radius 3 is 1.79 bits per heavy atom. The number of allylic oxidation sites excluding steroid dienone is 1. The number of furan rings is 3. The molecule has 278 valence electrons. The van der Waals surface area contributed by atoms with Gasteiger partial charge in [-0.25, -0.2) is 9.98 Å². The molecule has 10 rings (SSSR count). The molecule has 0 aliphatic heterocycles. The summed E-state index contributed by atoms with van der Waals surface area (Å²) >= 11 is 0. The Balaban J connectivity index is 0.000000871. The highest BCUT2D eigenvalue weighted by atomic mass is 16.3. The number of para-hydroxylation sites is 3. The summed E-state index contributed by atoms with van der Waals surface area (Å²) in [6, 6.07) is 51.2. The molecule has 7 aromatic carbocycles. The highest BCUT2D eigenvalue weighted by Crippen LogP contribution is 2.40. The van der Waals surface area contributed by atoms with Crippen LogP contribution < -0.4 is 0 Å². The van der Waals surface area contributed by atoms with E-state index in [0.29, 0.717) is 11.5 Å². The van der Waals surface area contributed by atoms with Gasteiger partial charge in [0.15, 0.2) is 5.84 Å². The van der Waals surface area contributed by atoms with Crippen LogP contribution in [0, 0.1) is 0 Å². The molecule has 0 aliphatic carbocycles. The van der Waals surface area contributed by atoms with Crippen LogP contribution in [0.2, 0.25) is 0 Å². The maximum absolute atomic E-state index is 6.60. The van der Waals surface area contributed by atoms with Gasteiger partial charge in [-0.3, -0.25) is 0 Å².